The van der Waals surface area contributed by atoms with Gasteiger partial charge in [-0.15, -0.1) is 0 Å². The highest BCUT2D eigenvalue weighted by atomic mass is 35.5. The van der Waals surface area contributed by atoms with Gasteiger partial charge in [-0.1, -0.05) is 18.0 Å². The van der Waals surface area contributed by atoms with Gasteiger partial charge in [0.1, 0.15) is 5.75 Å². The number of carboxylic acid groups (broad SMARTS) is 1. The van der Waals surface area contributed by atoms with Crippen LogP contribution in [0.1, 0.15) is 36.5 Å². The number of halogens is 1. The fourth-order valence-electron chi connectivity index (χ4n) is 2.10. The van der Waals surface area contributed by atoms with Crippen LogP contribution in [0.3, 0.4) is 0 Å². The first-order valence-corrected chi connectivity index (χ1v) is 6.70. The molecule has 2 N–H and O–H groups in total. The van der Waals surface area contributed by atoms with Crippen molar-refractivity contribution >= 4 is 17.6 Å². The summed E-state index contributed by atoms with van der Waals surface area (Å²) in [6.07, 6.45) is 1.84. The lowest BCUT2D eigenvalue weighted by molar-refractivity contribution is -0.147. The van der Waals surface area contributed by atoms with E-state index in [4.69, 9.17) is 21.4 Å². The number of benzene rings is 1. The Bertz CT molecular complexity index is 483. The van der Waals surface area contributed by atoms with Crippen molar-refractivity contribution in [2.45, 2.75) is 32.3 Å². The van der Waals surface area contributed by atoms with Crippen molar-refractivity contribution in [3.05, 3.63) is 28.3 Å². The topological polar surface area (TPSA) is 66.8 Å². The molecule has 1 fully saturated rings. The predicted molar refractivity (Wildman–Crippen MR) is 71.6 cm³/mol. The number of carbonyl (C=O) groups is 1. The van der Waals surface area contributed by atoms with Crippen LogP contribution in [0.5, 0.6) is 5.75 Å². The summed E-state index contributed by atoms with van der Waals surface area (Å²) in [7, 11) is 0. The second-order valence-electron chi connectivity index (χ2n) is 5.01. The standard InChI is InChI=1S/C14H17ClO4/c1-8-5-10(12(16)14(17)18)13(11(15)6-8)19-7-9-3-2-4-9/h5-6,9,12,16H,2-4,7H2,1H3,(H,17,18). The first-order valence-electron chi connectivity index (χ1n) is 6.32. The zero-order chi connectivity index (χ0) is 14.0. The molecule has 1 aliphatic carbocycles. The van der Waals surface area contributed by atoms with E-state index in [-0.39, 0.29) is 11.3 Å². The van der Waals surface area contributed by atoms with Gasteiger partial charge < -0.3 is 14.9 Å². The van der Waals surface area contributed by atoms with Gasteiger partial charge in [-0.05, 0) is 43.4 Å². The van der Waals surface area contributed by atoms with E-state index in [1.807, 2.05) is 0 Å². The van der Waals surface area contributed by atoms with Crippen molar-refractivity contribution in [1.82, 2.24) is 0 Å². The third-order valence-electron chi connectivity index (χ3n) is 3.43. The molecule has 0 spiro atoms. The van der Waals surface area contributed by atoms with Crippen molar-refractivity contribution in [1.29, 1.82) is 0 Å². The van der Waals surface area contributed by atoms with Gasteiger partial charge in [0.25, 0.3) is 0 Å². The Kier molecular flexibility index (Phi) is 4.32. The predicted octanol–water partition coefficient (Wildman–Crippen LogP) is 2.95. The summed E-state index contributed by atoms with van der Waals surface area (Å²) in [6, 6.07) is 3.30. The molecular weight excluding hydrogens is 268 g/mol. The van der Waals surface area contributed by atoms with Gasteiger partial charge in [0.2, 0.25) is 0 Å². The highest BCUT2D eigenvalue weighted by molar-refractivity contribution is 6.32. The molecular formula is C14H17ClO4. The van der Waals surface area contributed by atoms with Crippen LogP contribution in [0, 0.1) is 12.8 Å². The quantitative estimate of drug-likeness (QED) is 0.872. The van der Waals surface area contributed by atoms with Crippen molar-refractivity contribution < 1.29 is 19.7 Å². The number of carboxylic acids is 1. The molecule has 104 valence electrons. The second kappa shape index (κ2) is 5.80. The van der Waals surface area contributed by atoms with Gasteiger partial charge in [0.15, 0.2) is 6.10 Å². The fraction of sp³-hybridized carbons (Fsp3) is 0.500. The minimum atomic E-state index is -1.62. The molecule has 4 nitrogen and oxygen atoms in total. The number of aliphatic hydroxyl groups excluding tert-OH is 1. The van der Waals surface area contributed by atoms with Gasteiger partial charge >= 0.3 is 5.97 Å². The van der Waals surface area contributed by atoms with Crippen LogP contribution >= 0.6 is 11.6 Å². The maximum Gasteiger partial charge on any atom is 0.337 e. The van der Waals surface area contributed by atoms with E-state index in [0.717, 1.165) is 18.4 Å². The number of hydrogen-bond acceptors (Lipinski definition) is 3. The SMILES string of the molecule is Cc1cc(Cl)c(OCC2CCC2)c(C(O)C(=O)O)c1. The molecule has 1 aromatic rings. The lowest BCUT2D eigenvalue weighted by Crippen LogP contribution is -2.21. The molecule has 0 amide bonds. The maximum atomic E-state index is 10.9. The molecule has 0 bridgehead atoms. The summed E-state index contributed by atoms with van der Waals surface area (Å²) < 4.78 is 5.64. The van der Waals surface area contributed by atoms with Crippen LogP contribution in [-0.2, 0) is 4.79 Å². The molecule has 5 heteroatoms. The number of hydrogen-bond donors (Lipinski definition) is 2. The number of aliphatic hydroxyl groups is 1. The Morgan fingerprint density at radius 2 is 2.21 bits per heavy atom. The van der Waals surface area contributed by atoms with Crippen LogP contribution in [-0.4, -0.2) is 22.8 Å². The molecule has 2 rings (SSSR count). The zero-order valence-electron chi connectivity index (χ0n) is 10.7. The second-order valence-corrected chi connectivity index (χ2v) is 5.42. The highest BCUT2D eigenvalue weighted by Crippen LogP contribution is 2.36. The summed E-state index contributed by atoms with van der Waals surface area (Å²) in [5.74, 6) is -0.517. The van der Waals surface area contributed by atoms with Crippen LogP contribution < -0.4 is 4.74 Å². The Morgan fingerprint density at radius 3 is 2.74 bits per heavy atom. The van der Waals surface area contributed by atoms with Crippen LogP contribution in [0.15, 0.2) is 12.1 Å². The first-order chi connectivity index (χ1) is 8.99. The lowest BCUT2D eigenvalue weighted by Gasteiger charge is -2.26. The Hall–Kier alpha value is -1.26. The van der Waals surface area contributed by atoms with Crippen LogP contribution in [0.25, 0.3) is 0 Å². The molecule has 0 aromatic heterocycles. The Labute approximate surface area is 117 Å². The van der Waals surface area contributed by atoms with Gasteiger partial charge in [-0.2, -0.15) is 0 Å². The highest BCUT2D eigenvalue weighted by Gasteiger charge is 2.25. The molecule has 0 aliphatic heterocycles. The number of aryl methyl sites for hydroxylation is 1. The normalized spacial score (nSPS) is 16.8. The molecule has 0 saturated heterocycles. The molecule has 1 aromatic carbocycles. The average Bonchev–Trinajstić information content (AvgIpc) is 2.27. The van der Waals surface area contributed by atoms with Gasteiger partial charge in [0.05, 0.1) is 11.6 Å². The maximum absolute atomic E-state index is 10.9. The number of rotatable bonds is 5. The van der Waals surface area contributed by atoms with E-state index < -0.39 is 12.1 Å². The average molecular weight is 285 g/mol. The van der Waals surface area contributed by atoms with E-state index >= 15 is 0 Å². The van der Waals surface area contributed by atoms with E-state index in [9.17, 15) is 9.90 Å². The van der Waals surface area contributed by atoms with Gasteiger partial charge in [-0.3, -0.25) is 0 Å². The third kappa shape index (κ3) is 3.19. The molecule has 1 aliphatic rings. The minimum Gasteiger partial charge on any atom is -0.491 e. The number of aliphatic carboxylic acids is 1. The lowest BCUT2D eigenvalue weighted by atomic mass is 9.86. The van der Waals surface area contributed by atoms with E-state index in [2.05, 4.69) is 0 Å². The fourth-order valence-corrected chi connectivity index (χ4v) is 2.44. The minimum absolute atomic E-state index is 0.219. The molecule has 1 unspecified atom stereocenters. The molecule has 0 heterocycles. The van der Waals surface area contributed by atoms with E-state index in [1.54, 1.807) is 19.1 Å². The van der Waals surface area contributed by atoms with Crippen LogP contribution in [0.2, 0.25) is 5.02 Å². The smallest absolute Gasteiger partial charge is 0.337 e. The zero-order valence-corrected chi connectivity index (χ0v) is 11.5. The molecule has 0 radical (unpaired) electrons. The van der Waals surface area contributed by atoms with Crippen molar-refractivity contribution in [3.63, 3.8) is 0 Å². The van der Waals surface area contributed by atoms with E-state index in [1.165, 1.54) is 6.42 Å². The summed E-state index contributed by atoms with van der Waals surface area (Å²) in [6.45, 7) is 2.31. The van der Waals surface area contributed by atoms with Crippen molar-refractivity contribution in [2.24, 2.45) is 5.92 Å². The van der Waals surface area contributed by atoms with Crippen molar-refractivity contribution in [3.8, 4) is 5.75 Å². The summed E-state index contributed by atoms with van der Waals surface area (Å²) in [4.78, 5) is 10.9. The van der Waals surface area contributed by atoms with Crippen molar-refractivity contribution in [2.75, 3.05) is 6.61 Å². The summed E-state index contributed by atoms with van der Waals surface area (Å²) in [5, 5.41) is 19.0. The number of ether oxygens (including phenoxy) is 1. The summed E-state index contributed by atoms with van der Waals surface area (Å²) >= 11 is 6.10. The third-order valence-corrected chi connectivity index (χ3v) is 3.71. The largest absolute Gasteiger partial charge is 0.491 e. The monoisotopic (exact) mass is 284 g/mol. The van der Waals surface area contributed by atoms with Crippen LogP contribution in [0.4, 0.5) is 0 Å². The molecule has 1 atom stereocenters. The molecule has 1 saturated carbocycles. The Morgan fingerprint density at radius 1 is 1.53 bits per heavy atom. The first kappa shape index (κ1) is 14.2. The van der Waals surface area contributed by atoms with Gasteiger partial charge in [-0.25, -0.2) is 4.79 Å². The Balaban J connectivity index is 2.24. The molecule has 19 heavy (non-hydrogen) atoms. The van der Waals surface area contributed by atoms with Gasteiger partial charge in [0, 0.05) is 5.56 Å². The van der Waals surface area contributed by atoms with E-state index in [0.29, 0.717) is 17.5 Å². The summed E-state index contributed by atoms with van der Waals surface area (Å²) in [5.41, 5.74) is 1.01.